The van der Waals surface area contributed by atoms with E-state index in [0.717, 1.165) is 18.7 Å². The summed E-state index contributed by atoms with van der Waals surface area (Å²) in [5.74, 6) is 0.155. The lowest BCUT2D eigenvalue weighted by Crippen LogP contribution is -2.61. The van der Waals surface area contributed by atoms with Crippen molar-refractivity contribution in [3.05, 3.63) is 29.8 Å². The van der Waals surface area contributed by atoms with Crippen LogP contribution in [0.4, 0.5) is 5.69 Å². The lowest BCUT2D eigenvalue weighted by Gasteiger charge is -2.43. The highest BCUT2D eigenvalue weighted by Crippen LogP contribution is 2.29. The van der Waals surface area contributed by atoms with E-state index in [4.69, 9.17) is 0 Å². The molecule has 2 rings (SSSR count). The second-order valence-electron chi connectivity index (χ2n) is 5.13. The number of aryl methyl sites for hydroxylation is 1. The zero-order valence-electron chi connectivity index (χ0n) is 10.8. The van der Waals surface area contributed by atoms with Gasteiger partial charge >= 0.3 is 0 Å². The van der Waals surface area contributed by atoms with Crippen molar-refractivity contribution in [2.75, 3.05) is 18.0 Å². The van der Waals surface area contributed by atoms with E-state index in [1.165, 1.54) is 5.56 Å². The molecule has 3 nitrogen and oxygen atoms in total. The molecule has 0 bridgehead atoms. The van der Waals surface area contributed by atoms with Crippen LogP contribution < -0.4 is 10.2 Å². The van der Waals surface area contributed by atoms with E-state index in [9.17, 15) is 4.79 Å². The number of rotatable bonds is 2. The van der Waals surface area contributed by atoms with E-state index in [1.54, 1.807) is 0 Å². The first kappa shape index (κ1) is 12.1. The minimum absolute atomic E-state index is 0.155. The molecule has 1 aliphatic heterocycles. The number of anilines is 1. The van der Waals surface area contributed by atoms with Gasteiger partial charge in [0.1, 0.15) is 0 Å². The molecule has 3 heteroatoms. The lowest BCUT2D eigenvalue weighted by molar-refractivity contribution is -0.120. The fourth-order valence-electron chi connectivity index (χ4n) is 2.46. The van der Waals surface area contributed by atoms with E-state index >= 15 is 0 Å². The van der Waals surface area contributed by atoms with Crippen LogP contribution >= 0.6 is 0 Å². The highest BCUT2D eigenvalue weighted by atomic mass is 16.2. The first-order valence-corrected chi connectivity index (χ1v) is 6.18. The number of hydrogen-bond donors (Lipinski definition) is 1. The average molecular weight is 232 g/mol. The van der Waals surface area contributed by atoms with Gasteiger partial charge in [0.05, 0.1) is 12.1 Å². The van der Waals surface area contributed by atoms with Gasteiger partial charge in [0.2, 0.25) is 5.91 Å². The molecule has 0 atom stereocenters. The quantitative estimate of drug-likeness (QED) is 0.845. The fraction of sp³-hybridized carbons (Fsp3) is 0.500. The number of piperazine rings is 1. The Hall–Kier alpha value is -1.35. The number of carbonyl (C=O) groups excluding carboxylic acids is 1. The maximum absolute atomic E-state index is 12.1. The normalized spacial score (nSPS) is 19.5. The van der Waals surface area contributed by atoms with Crippen LogP contribution in [0.15, 0.2) is 24.3 Å². The summed E-state index contributed by atoms with van der Waals surface area (Å²) >= 11 is 0. The van der Waals surface area contributed by atoms with Gasteiger partial charge in [0.15, 0.2) is 0 Å². The molecule has 1 saturated heterocycles. The third-order valence-electron chi connectivity index (χ3n) is 3.30. The Kier molecular flexibility index (Phi) is 3.20. The van der Waals surface area contributed by atoms with Crippen molar-refractivity contribution in [3.8, 4) is 0 Å². The molecule has 17 heavy (non-hydrogen) atoms. The maximum Gasteiger partial charge on any atom is 0.241 e. The number of nitrogens with one attached hydrogen (secondary N) is 1. The molecule has 1 aromatic carbocycles. The molecule has 92 valence electrons. The van der Waals surface area contributed by atoms with Crippen LogP contribution in [-0.2, 0) is 11.2 Å². The van der Waals surface area contributed by atoms with E-state index in [0.29, 0.717) is 6.54 Å². The van der Waals surface area contributed by atoms with Crippen LogP contribution in [0, 0.1) is 0 Å². The summed E-state index contributed by atoms with van der Waals surface area (Å²) in [7, 11) is 0. The number of nitrogens with zero attached hydrogens (tertiary/aromatic N) is 1. The Morgan fingerprint density at radius 3 is 2.71 bits per heavy atom. The highest BCUT2D eigenvalue weighted by molar-refractivity contribution is 5.97. The summed E-state index contributed by atoms with van der Waals surface area (Å²) < 4.78 is 0. The van der Waals surface area contributed by atoms with Crippen molar-refractivity contribution in [2.45, 2.75) is 32.7 Å². The van der Waals surface area contributed by atoms with E-state index in [2.05, 4.69) is 32.2 Å². The second-order valence-corrected chi connectivity index (χ2v) is 5.13. The molecule has 0 aliphatic carbocycles. The summed E-state index contributed by atoms with van der Waals surface area (Å²) in [5.41, 5.74) is 2.13. The van der Waals surface area contributed by atoms with Gasteiger partial charge in [-0.25, -0.2) is 0 Å². The Bertz CT molecular complexity index is 426. The minimum atomic E-state index is -0.166. The van der Waals surface area contributed by atoms with Crippen LogP contribution in [0.1, 0.15) is 26.3 Å². The largest absolute Gasteiger partial charge is 0.306 e. The topological polar surface area (TPSA) is 32.3 Å². The smallest absolute Gasteiger partial charge is 0.241 e. The van der Waals surface area contributed by atoms with Gasteiger partial charge in [-0.2, -0.15) is 0 Å². The van der Waals surface area contributed by atoms with E-state index in [1.807, 2.05) is 23.1 Å². The first-order valence-electron chi connectivity index (χ1n) is 6.18. The molecule has 1 fully saturated rings. The summed E-state index contributed by atoms with van der Waals surface area (Å²) in [6.07, 6.45) is 0.948. The zero-order valence-corrected chi connectivity index (χ0v) is 10.8. The zero-order chi connectivity index (χ0) is 12.5. The predicted molar refractivity (Wildman–Crippen MR) is 70.3 cm³/mol. The molecule has 0 radical (unpaired) electrons. The monoisotopic (exact) mass is 232 g/mol. The van der Waals surface area contributed by atoms with Crippen molar-refractivity contribution < 1.29 is 4.79 Å². The second kappa shape index (κ2) is 4.49. The Balaban J connectivity index is 2.45. The molecular formula is C14H20N2O. The molecular weight excluding hydrogens is 212 g/mol. The van der Waals surface area contributed by atoms with Gasteiger partial charge in [-0.05, 0) is 31.9 Å². The summed E-state index contributed by atoms with van der Waals surface area (Å²) in [6, 6.07) is 8.17. The van der Waals surface area contributed by atoms with Gasteiger partial charge in [-0.15, -0.1) is 0 Å². The highest BCUT2D eigenvalue weighted by Gasteiger charge is 2.36. The van der Waals surface area contributed by atoms with Crippen molar-refractivity contribution in [1.82, 2.24) is 5.32 Å². The van der Waals surface area contributed by atoms with Crippen molar-refractivity contribution >= 4 is 11.6 Å². The standard InChI is InChI=1S/C14H20N2O/c1-4-11-7-5-6-8-12(11)16-13(17)9-15-10-14(16,2)3/h5-8,15H,4,9-10H2,1-3H3. The Labute approximate surface area is 103 Å². The Morgan fingerprint density at radius 2 is 2.06 bits per heavy atom. The van der Waals surface area contributed by atoms with Crippen LogP contribution in [0.5, 0.6) is 0 Å². The molecule has 0 unspecified atom stereocenters. The van der Waals surface area contributed by atoms with Crippen LogP contribution in [0.3, 0.4) is 0 Å². The van der Waals surface area contributed by atoms with Crippen molar-refractivity contribution in [3.63, 3.8) is 0 Å². The fourth-order valence-corrected chi connectivity index (χ4v) is 2.46. The molecule has 1 N–H and O–H groups in total. The van der Waals surface area contributed by atoms with Gasteiger partial charge in [0, 0.05) is 12.2 Å². The molecule has 0 aromatic heterocycles. The summed E-state index contributed by atoms with van der Waals surface area (Å²) in [6.45, 7) is 7.59. The summed E-state index contributed by atoms with van der Waals surface area (Å²) in [4.78, 5) is 14.1. The SMILES string of the molecule is CCc1ccccc1N1C(=O)CNCC1(C)C. The van der Waals surface area contributed by atoms with Crippen LogP contribution in [-0.4, -0.2) is 24.5 Å². The number of benzene rings is 1. The van der Waals surface area contributed by atoms with Gasteiger partial charge in [0.25, 0.3) is 0 Å². The number of amides is 1. The maximum atomic E-state index is 12.1. The molecule has 0 spiro atoms. The lowest BCUT2D eigenvalue weighted by atomic mass is 9.97. The Morgan fingerprint density at radius 1 is 1.35 bits per heavy atom. The predicted octanol–water partition coefficient (Wildman–Crippen LogP) is 1.96. The molecule has 1 heterocycles. The first-order chi connectivity index (χ1) is 8.06. The molecule has 0 saturated carbocycles. The number of hydrogen-bond acceptors (Lipinski definition) is 2. The molecule has 1 aliphatic rings. The van der Waals surface area contributed by atoms with Crippen LogP contribution in [0.2, 0.25) is 0 Å². The molecule has 1 amide bonds. The third-order valence-corrected chi connectivity index (χ3v) is 3.30. The number of carbonyl (C=O) groups is 1. The molecule has 1 aromatic rings. The van der Waals surface area contributed by atoms with Crippen molar-refractivity contribution in [2.24, 2.45) is 0 Å². The average Bonchev–Trinajstić information content (AvgIpc) is 2.28. The number of para-hydroxylation sites is 1. The summed E-state index contributed by atoms with van der Waals surface area (Å²) in [5, 5.41) is 3.17. The van der Waals surface area contributed by atoms with E-state index < -0.39 is 0 Å². The van der Waals surface area contributed by atoms with Crippen LogP contribution in [0.25, 0.3) is 0 Å². The third kappa shape index (κ3) is 2.20. The van der Waals surface area contributed by atoms with Gasteiger partial charge in [-0.3, -0.25) is 4.79 Å². The van der Waals surface area contributed by atoms with Gasteiger partial charge < -0.3 is 10.2 Å². The van der Waals surface area contributed by atoms with E-state index in [-0.39, 0.29) is 11.4 Å². The van der Waals surface area contributed by atoms with Crippen molar-refractivity contribution in [1.29, 1.82) is 0 Å². The van der Waals surface area contributed by atoms with Gasteiger partial charge in [-0.1, -0.05) is 25.1 Å². The minimum Gasteiger partial charge on any atom is -0.306 e.